The molecule has 11 heteroatoms. The van der Waals surface area contributed by atoms with Gasteiger partial charge in [-0.2, -0.15) is 0 Å². The number of carboxylic acid groups (broad SMARTS) is 1. The van der Waals surface area contributed by atoms with Gasteiger partial charge in [0.1, 0.15) is 17.5 Å². The number of ether oxygens (including phenoxy) is 2. The van der Waals surface area contributed by atoms with E-state index in [-0.39, 0.29) is 63.9 Å². The van der Waals surface area contributed by atoms with Crippen molar-refractivity contribution >= 4 is 29.8 Å². The first-order valence-corrected chi connectivity index (χ1v) is 21.5. The Bertz CT molecular complexity index is 1680. The second-order valence-corrected chi connectivity index (χ2v) is 22.0. The first-order valence-electron chi connectivity index (χ1n) is 21.5. The minimum atomic E-state index is -1.18. The summed E-state index contributed by atoms with van der Waals surface area (Å²) in [5.74, 6) is -0.575. The number of alkyl carbamates (subject to hydrolysis) is 1. The van der Waals surface area contributed by atoms with Crippen LogP contribution < -0.4 is 10.6 Å². The van der Waals surface area contributed by atoms with Crippen LogP contribution in [-0.4, -0.2) is 76.2 Å². The van der Waals surface area contributed by atoms with E-state index in [1.54, 1.807) is 18.7 Å². The smallest absolute Gasteiger partial charge is 0.407 e. The highest BCUT2D eigenvalue weighted by Gasteiger charge is 2.69. The number of amides is 3. The molecule has 4 saturated carbocycles. The van der Waals surface area contributed by atoms with Crippen LogP contribution >= 0.6 is 0 Å². The molecule has 5 aliphatic carbocycles. The average Bonchev–Trinajstić information content (AvgIpc) is 3.63. The standard InChI is InChI=1S/C45H71N3O8/c1-26(2)34-29(49)23-45(47-37(53)48-22-17-27(25-48)46-38(54)56-39(3,4)5)21-20-43(11)28(35(34)45)13-14-31-42(10)18-16-32(55-33(50)24-40(6,7)36(51)52)41(8,9)30(42)15-19-44(31,43)12/h26-27,30-32,34H,13-25H2,1-12H3,(H,46,54)(H,47,53)(H,51,52)/t27-,30?,31?,32-,34?,42-,43+,44+,45+/m0/s1. The lowest BCUT2D eigenvalue weighted by Gasteiger charge is -2.70. The summed E-state index contributed by atoms with van der Waals surface area (Å²) in [4.78, 5) is 67.4. The molecule has 56 heavy (non-hydrogen) atoms. The van der Waals surface area contributed by atoms with Crippen molar-refractivity contribution in [2.45, 2.75) is 177 Å². The average molecular weight is 782 g/mol. The summed E-state index contributed by atoms with van der Waals surface area (Å²) in [7, 11) is 0. The summed E-state index contributed by atoms with van der Waals surface area (Å²) in [5, 5.41) is 16.0. The Labute approximate surface area is 335 Å². The van der Waals surface area contributed by atoms with Gasteiger partial charge >= 0.3 is 24.1 Å². The maximum absolute atomic E-state index is 14.2. The summed E-state index contributed by atoms with van der Waals surface area (Å²) in [6.45, 7) is 25.8. The van der Waals surface area contributed by atoms with Crippen LogP contribution in [0.1, 0.15) is 154 Å². The van der Waals surface area contributed by atoms with E-state index in [9.17, 15) is 29.1 Å². The number of carbonyl (C=O) groups is 5. The number of Topliss-reactive ketones (excluding diaryl/α,β-unsaturated/α-hetero) is 1. The van der Waals surface area contributed by atoms with Crippen LogP contribution in [0, 0.1) is 50.7 Å². The van der Waals surface area contributed by atoms with Crippen LogP contribution in [0.2, 0.25) is 0 Å². The van der Waals surface area contributed by atoms with Crippen LogP contribution in [0.4, 0.5) is 9.59 Å². The molecule has 0 aromatic carbocycles. The van der Waals surface area contributed by atoms with Gasteiger partial charge in [-0.25, -0.2) is 9.59 Å². The lowest BCUT2D eigenvalue weighted by molar-refractivity contribution is -0.214. The molecule has 1 heterocycles. The van der Waals surface area contributed by atoms with E-state index < -0.39 is 34.6 Å². The highest BCUT2D eigenvalue weighted by molar-refractivity contribution is 5.92. The topological polar surface area (TPSA) is 151 Å². The number of hydrogen-bond donors (Lipinski definition) is 3. The van der Waals surface area contributed by atoms with E-state index in [2.05, 4.69) is 59.1 Å². The van der Waals surface area contributed by atoms with Gasteiger partial charge in [0.2, 0.25) is 0 Å². The maximum atomic E-state index is 14.2. The van der Waals surface area contributed by atoms with Crippen molar-refractivity contribution < 1.29 is 38.6 Å². The molecule has 0 aromatic rings. The number of fused-ring (bicyclic) bond motifs is 6. The Morgan fingerprint density at radius 1 is 0.911 bits per heavy atom. The Balaban J connectivity index is 1.25. The first-order chi connectivity index (χ1) is 25.7. The van der Waals surface area contributed by atoms with Gasteiger partial charge in [0.15, 0.2) is 0 Å². The van der Waals surface area contributed by atoms with Crippen molar-refractivity contribution in [1.82, 2.24) is 15.5 Å². The van der Waals surface area contributed by atoms with Gasteiger partial charge in [-0.3, -0.25) is 14.4 Å². The van der Waals surface area contributed by atoms with Crippen molar-refractivity contribution in [2.75, 3.05) is 13.1 Å². The predicted octanol–water partition coefficient (Wildman–Crippen LogP) is 8.44. The summed E-state index contributed by atoms with van der Waals surface area (Å²) < 4.78 is 11.6. The number of ketones is 1. The molecular weight excluding hydrogens is 711 g/mol. The third-order valence-electron chi connectivity index (χ3n) is 16.3. The van der Waals surface area contributed by atoms with Crippen molar-refractivity contribution in [3.8, 4) is 0 Å². The summed E-state index contributed by atoms with van der Waals surface area (Å²) in [6, 6.07) is -0.367. The van der Waals surface area contributed by atoms with E-state index in [0.717, 1.165) is 51.4 Å². The Morgan fingerprint density at radius 2 is 1.59 bits per heavy atom. The Morgan fingerprint density at radius 3 is 2.21 bits per heavy atom. The van der Waals surface area contributed by atoms with Crippen molar-refractivity contribution in [2.24, 2.45) is 50.7 Å². The molecule has 0 spiro atoms. The van der Waals surface area contributed by atoms with E-state index >= 15 is 0 Å². The molecule has 0 bridgehead atoms. The number of allylic oxidation sites excluding steroid dienone is 1. The SMILES string of the molecule is CC(C)C1C(=O)C[C@]2(NC(=O)N3CC[C@H](NC(=O)OC(C)(C)C)C3)CC[C@]3(C)C(=C12)CCC1[C@@]2(C)CC[C@H](OC(=O)CC(C)(C)C(=O)O)C(C)(C)C2CC[C@]13C. The molecule has 0 aromatic heterocycles. The van der Waals surface area contributed by atoms with Gasteiger partial charge in [0.05, 0.1) is 23.4 Å². The molecule has 1 saturated heterocycles. The van der Waals surface area contributed by atoms with Gasteiger partial charge in [0, 0.05) is 30.8 Å². The van der Waals surface area contributed by atoms with Gasteiger partial charge < -0.3 is 30.1 Å². The number of likely N-dealkylation sites (tertiary alicyclic amines) is 1. The van der Waals surface area contributed by atoms with Gasteiger partial charge in [0.25, 0.3) is 0 Å². The zero-order chi connectivity index (χ0) is 41.6. The molecule has 6 rings (SSSR count). The summed E-state index contributed by atoms with van der Waals surface area (Å²) in [6.07, 6.45) is 7.31. The Kier molecular flexibility index (Phi) is 10.6. The maximum Gasteiger partial charge on any atom is 0.407 e. The van der Waals surface area contributed by atoms with Crippen LogP contribution in [0.3, 0.4) is 0 Å². The Hall–Kier alpha value is -3.11. The monoisotopic (exact) mass is 782 g/mol. The molecule has 314 valence electrons. The minimum absolute atomic E-state index is 0.0181. The molecule has 3 amide bonds. The van der Waals surface area contributed by atoms with E-state index in [1.807, 2.05) is 20.8 Å². The van der Waals surface area contributed by atoms with Gasteiger partial charge in [-0.15, -0.1) is 0 Å². The molecule has 3 N–H and O–H groups in total. The van der Waals surface area contributed by atoms with Crippen LogP contribution in [0.15, 0.2) is 11.1 Å². The number of nitrogens with one attached hydrogen (secondary N) is 2. The molecule has 6 aliphatic rings. The number of rotatable bonds is 7. The third-order valence-corrected chi connectivity index (χ3v) is 16.3. The largest absolute Gasteiger partial charge is 0.481 e. The zero-order valence-corrected chi connectivity index (χ0v) is 36.4. The molecular formula is C45H71N3O8. The van der Waals surface area contributed by atoms with Crippen LogP contribution in [0.25, 0.3) is 0 Å². The van der Waals surface area contributed by atoms with Crippen LogP contribution in [0.5, 0.6) is 0 Å². The summed E-state index contributed by atoms with van der Waals surface area (Å²) in [5.41, 5.74) is -0.331. The van der Waals surface area contributed by atoms with E-state index in [4.69, 9.17) is 9.47 Å². The fourth-order valence-electron chi connectivity index (χ4n) is 13.3. The van der Waals surface area contributed by atoms with E-state index in [1.165, 1.54) is 11.1 Å². The number of esters is 1. The second kappa shape index (κ2) is 14.0. The molecule has 0 radical (unpaired) electrons. The number of hydrogen-bond acceptors (Lipinski definition) is 7. The van der Waals surface area contributed by atoms with Crippen LogP contribution in [-0.2, 0) is 23.9 Å². The van der Waals surface area contributed by atoms with E-state index in [0.29, 0.717) is 37.8 Å². The predicted molar refractivity (Wildman–Crippen MR) is 214 cm³/mol. The second-order valence-electron chi connectivity index (χ2n) is 22.0. The molecule has 1 aliphatic heterocycles. The lowest BCUT2D eigenvalue weighted by Crippen LogP contribution is -2.65. The highest BCUT2D eigenvalue weighted by Crippen LogP contribution is 2.75. The molecule has 11 nitrogen and oxygen atoms in total. The summed E-state index contributed by atoms with van der Waals surface area (Å²) >= 11 is 0. The number of carbonyl (C=O) groups excluding carboxylic acids is 4. The molecule has 9 atom stereocenters. The van der Waals surface area contributed by atoms with Crippen molar-refractivity contribution in [3.63, 3.8) is 0 Å². The fourth-order valence-corrected chi connectivity index (χ4v) is 13.3. The normalized spacial score (nSPS) is 37.9. The van der Waals surface area contributed by atoms with Gasteiger partial charge in [-0.1, -0.05) is 54.0 Å². The third kappa shape index (κ3) is 6.96. The number of aliphatic carboxylic acids is 1. The van der Waals surface area contributed by atoms with Crippen molar-refractivity contribution in [1.29, 1.82) is 0 Å². The number of carboxylic acids is 1. The molecule has 5 fully saturated rings. The number of nitrogens with zero attached hydrogens (tertiary/aromatic N) is 1. The van der Waals surface area contributed by atoms with Crippen molar-refractivity contribution in [3.05, 3.63) is 11.1 Å². The fraction of sp³-hybridized carbons (Fsp3) is 0.844. The highest BCUT2D eigenvalue weighted by atomic mass is 16.6. The zero-order valence-electron chi connectivity index (χ0n) is 36.4. The number of urea groups is 1. The van der Waals surface area contributed by atoms with Gasteiger partial charge in [-0.05, 0) is 132 Å². The minimum Gasteiger partial charge on any atom is -0.481 e. The first kappa shape index (κ1) is 42.5. The quantitative estimate of drug-likeness (QED) is 0.172. The lowest BCUT2D eigenvalue weighted by atomic mass is 9.34. The molecule has 3 unspecified atom stereocenters.